The first-order valence-electron chi connectivity index (χ1n) is 8.88. The van der Waals surface area contributed by atoms with Gasteiger partial charge in [-0.15, -0.1) is 0 Å². The van der Waals surface area contributed by atoms with Gasteiger partial charge in [0.05, 0.1) is 27.4 Å². The predicted octanol–water partition coefficient (Wildman–Crippen LogP) is 2.03. The van der Waals surface area contributed by atoms with Gasteiger partial charge in [0, 0.05) is 44.3 Å². The number of likely N-dealkylation sites (tertiary alicyclic amines) is 1. The molecule has 2 heterocycles. The highest BCUT2D eigenvalue weighted by Gasteiger charge is 2.40. The van der Waals surface area contributed by atoms with E-state index in [9.17, 15) is 9.59 Å². The smallest absolute Gasteiger partial charge is 0.223 e. The van der Waals surface area contributed by atoms with Gasteiger partial charge >= 0.3 is 0 Å². The fraction of sp³-hybridized carbons (Fsp3) is 0.579. The van der Waals surface area contributed by atoms with E-state index in [1.54, 1.807) is 30.2 Å². The van der Waals surface area contributed by atoms with Gasteiger partial charge in [-0.05, 0) is 18.2 Å². The van der Waals surface area contributed by atoms with Gasteiger partial charge in [-0.3, -0.25) is 9.59 Å². The number of Topliss-reactive ketones (excluding diaryl/α,β-unsaturated/α-hetero) is 1. The van der Waals surface area contributed by atoms with Crippen LogP contribution >= 0.6 is 0 Å². The Labute approximate surface area is 153 Å². The predicted molar refractivity (Wildman–Crippen MR) is 93.6 cm³/mol. The number of hydrogen-bond acceptors (Lipinski definition) is 6. The molecule has 26 heavy (non-hydrogen) atoms. The molecule has 7 heteroatoms. The van der Waals surface area contributed by atoms with E-state index in [4.69, 9.17) is 18.9 Å². The Kier molecular flexibility index (Phi) is 5.78. The van der Waals surface area contributed by atoms with Crippen LogP contribution in [0.4, 0.5) is 0 Å². The molecule has 1 aromatic carbocycles. The monoisotopic (exact) mass is 363 g/mol. The molecule has 7 nitrogen and oxygen atoms in total. The van der Waals surface area contributed by atoms with Crippen LogP contribution in [-0.4, -0.2) is 62.9 Å². The number of amides is 1. The molecule has 0 N–H and O–H groups in total. The van der Waals surface area contributed by atoms with E-state index in [-0.39, 0.29) is 24.5 Å². The lowest BCUT2D eigenvalue weighted by atomic mass is 10.0. The van der Waals surface area contributed by atoms with Crippen molar-refractivity contribution >= 4 is 11.7 Å². The van der Waals surface area contributed by atoms with Crippen LogP contribution in [0.25, 0.3) is 0 Å². The van der Waals surface area contributed by atoms with Gasteiger partial charge in [0.25, 0.3) is 0 Å². The zero-order valence-corrected chi connectivity index (χ0v) is 15.3. The number of carbonyl (C=O) groups excluding carboxylic acids is 2. The van der Waals surface area contributed by atoms with Gasteiger partial charge in [0.1, 0.15) is 0 Å². The number of nitrogens with zero attached hydrogens (tertiary/aromatic N) is 1. The zero-order chi connectivity index (χ0) is 18.6. The fourth-order valence-electron chi connectivity index (χ4n) is 3.42. The molecular weight excluding hydrogens is 338 g/mol. The number of methoxy groups -OCH3 is 2. The molecule has 2 saturated heterocycles. The summed E-state index contributed by atoms with van der Waals surface area (Å²) in [5.74, 6) is 0.481. The van der Waals surface area contributed by atoms with Gasteiger partial charge < -0.3 is 23.8 Å². The Morgan fingerprint density at radius 3 is 2.31 bits per heavy atom. The maximum absolute atomic E-state index is 12.4. The van der Waals surface area contributed by atoms with Gasteiger partial charge in [-0.25, -0.2) is 0 Å². The van der Waals surface area contributed by atoms with Crippen LogP contribution in [0.1, 0.15) is 36.0 Å². The first-order chi connectivity index (χ1) is 12.6. The van der Waals surface area contributed by atoms with Crippen LogP contribution in [0.5, 0.6) is 11.5 Å². The third kappa shape index (κ3) is 3.99. The van der Waals surface area contributed by atoms with Crippen LogP contribution in [0, 0.1) is 0 Å². The second-order valence-electron chi connectivity index (χ2n) is 6.48. The molecule has 0 unspecified atom stereocenters. The number of ketones is 1. The SMILES string of the molecule is COc1ccc(C(=O)CCC(=O)N2CCC3(CC2)OCCO3)cc1OC. The Morgan fingerprint density at radius 2 is 1.69 bits per heavy atom. The van der Waals surface area contributed by atoms with Crippen LogP contribution in [0.15, 0.2) is 18.2 Å². The molecule has 1 spiro atoms. The Balaban J connectivity index is 1.50. The van der Waals surface area contributed by atoms with Crippen LogP contribution < -0.4 is 9.47 Å². The summed E-state index contributed by atoms with van der Waals surface area (Å²) < 4.78 is 21.7. The molecule has 0 saturated carbocycles. The lowest BCUT2D eigenvalue weighted by Gasteiger charge is -2.37. The van der Waals surface area contributed by atoms with E-state index in [0.717, 1.165) is 0 Å². The van der Waals surface area contributed by atoms with Crippen molar-refractivity contribution in [2.45, 2.75) is 31.5 Å². The topological polar surface area (TPSA) is 74.3 Å². The lowest BCUT2D eigenvalue weighted by Crippen LogP contribution is -2.47. The lowest BCUT2D eigenvalue weighted by molar-refractivity contribution is -0.187. The minimum Gasteiger partial charge on any atom is -0.493 e. The molecule has 2 fully saturated rings. The van der Waals surface area contributed by atoms with Crippen molar-refractivity contribution in [1.82, 2.24) is 4.90 Å². The van der Waals surface area contributed by atoms with E-state index in [1.807, 2.05) is 0 Å². The fourth-order valence-corrected chi connectivity index (χ4v) is 3.42. The third-order valence-corrected chi connectivity index (χ3v) is 4.96. The summed E-state index contributed by atoms with van der Waals surface area (Å²) in [5.41, 5.74) is 0.515. The number of carbonyl (C=O) groups is 2. The number of benzene rings is 1. The molecule has 142 valence electrons. The summed E-state index contributed by atoms with van der Waals surface area (Å²) >= 11 is 0. The Hall–Kier alpha value is -2.12. The summed E-state index contributed by atoms with van der Waals surface area (Å²) in [6, 6.07) is 5.03. The standard InChI is InChI=1S/C19H25NO6/c1-23-16-5-3-14(13-17(16)24-2)15(21)4-6-18(22)20-9-7-19(8-10-20)25-11-12-26-19/h3,5,13H,4,6-12H2,1-2H3. The number of piperidine rings is 1. The second kappa shape index (κ2) is 8.05. The number of ether oxygens (including phenoxy) is 4. The van der Waals surface area contributed by atoms with E-state index in [2.05, 4.69) is 0 Å². The first kappa shape index (κ1) is 18.7. The quantitative estimate of drug-likeness (QED) is 0.720. The van der Waals surface area contributed by atoms with E-state index >= 15 is 0 Å². The zero-order valence-electron chi connectivity index (χ0n) is 15.3. The van der Waals surface area contributed by atoms with Crippen molar-refractivity contribution in [3.63, 3.8) is 0 Å². The van der Waals surface area contributed by atoms with Crippen LogP contribution in [0.3, 0.4) is 0 Å². The maximum Gasteiger partial charge on any atom is 0.223 e. The third-order valence-electron chi connectivity index (χ3n) is 4.96. The normalized spacial score (nSPS) is 18.8. The largest absolute Gasteiger partial charge is 0.493 e. The summed E-state index contributed by atoms with van der Waals surface area (Å²) in [6.07, 6.45) is 1.73. The minimum absolute atomic E-state index is 0.00771. The first-order valence-corrected chi connectivity index (χ1v) is 8.88. The molecular formula is C19H25NO6. The summed E-state index contributed by atoms with van der Waals surface area (Å²) in [7, 11) is 3.07. The molecule has 0 aromatic heterocycles. The highest BCUT2D eigenvalue weighted by Crippen LogP contribution is 2.32. The summed E-state index contributed by atoms with van der Waals surface area (Å²) in [4.78, 5) is 26.6. The van der Waals surface area contributed by atoms with Gasteiger partial charge in [0.15, 0.2) is 23.1 Å². The molecule has 0 aliphatic carbocycles. The molecule has 3 rings (SSSR count). The molecule has 2 aliphatic rings. The molecule has 1 aromatic rings. The van der Waals surface area contributed by atoms with Crippen LogP contribution in [0.2, 0.25) is 0 Å². The Bertz CT molecular complexity index is 658. The average Bonchev–Trinajstić information content (AvgIpc) is 3.13. The highest BCUT2D eigenvalue weighted by molar-refractivity contribution is 5.98. The van der Waals surface area contributed by atoms with Gasteiger partial charge in [-0.2, -0.15) is 0 Å². The maximum atomic E-state index is 12.4. The van der Waals surface area contributed by atoms with E-state index < -0.39 is 5.79 Å². The molecule has 1 amide bonds. The Morgan fingerprint density at radius 1 is 1.04 bits per heavy atom. The van der Waals surface area contributed by atoms with Crippen molar-refractivity contribution in [1.29, 1.82) is 0 Å². The average molecular weight is 363 g/mol. The van der Waals surface area contributed by atoms with Crippen molar-refractivity contribution in [3.8, 4) is 11.5 Å². The number of hydrogen-bond donors (Lipinski definition) is 0. The molecule has 0 atom stereocenters. The minimum atomic E-state index is -0.494. The number of rotatable bonds is 6. The highest BCUT2D eigenvalue weighted by atomic mass is 16.7. The van der Waals surface area contributed by atoms with Crippen molar-refractivity contribution in [2.75, 3.05) is 40.5 Å². The van der Waals surface area contributed by atoms with Crippen LogP contribution in [-0.2, 0) is 14.3 Å². The summed E-state index contributed by atoms with van der Waals surface area (Å²) in [5, 5.41) is 0. The van der Waals surface area contributed by atoms with E-state index in [0.29, 0.717) is 56.2 Å². The molecule has 0 bridgehead atoms. The molecule has 0 radical (unpaired) electrons. The van der Waals surface area contributed by atoms with Gasteiger partial charge in [0.2, 0.25) is 5.91 Å². The van der Waals surface area contributed by atoms with E-state index in [1.165, 1.54) is 7.11 Å². The van der Waals surface area contributed by atoms with Crippen molar-refractivity contribution in [3.05, 3.63) is 23.8 Å². The van der Waals surface area contributed by atoms with Gasteiger partial charge in [-0.1, -0.05) is 0 Å². The van der Waals surface area contributed by atoms with Crippen molar-refractivity contribution < 1.29 is 28.5 Å². The summed E-state index contributed by atoms with van der Waals surface area (Å²) in [6.45, 7) is 2.44. The second-order valence-corrected chi connectivity index (χ2v) is 6.48. The van der Waals surface area contributed by atoms with Crippen molar-refractivity contribution in [2.24, 2.45) is 0 Å². The molecule has 2 aliphatic heterocycles.